The molecule has 3 nitrogen and oxygen atoms in total. The van der Waals surface area contributed by atoms with E-state index in [9.17, 15) is 13.0 Å². The first-order valence-electron chi connectivity index (χ1n) is 10.7. The van der Waals surface area contributed by atoms with E-state index in [1.807, 2.05) is 48.5 Å². The van der Waals surface area contributed by atoms with Crippen molar-refractivity contribution in [1.29, 1.82) is 0 Å². The molecule has 0 saturated carbocycles. The molecule has 0 unspecified atom stereocenters. The molecule has 0 radical (unpaired) electrons. The van der Waals surface area contributed by atoms with Crippen LogP contribution in [0.15, 0.2) is 135 Å². The van der Waals surface area contributed by atoms with Crippen LogP contribution in [-0.4, -0.2) is 13.0 Å². The molecule has 5 rings (SSSR count). The molecule has 0 aliphatic heterocycles. The Morgan fingerprint density at radius 2 is 0.917 bits per heavy atom. The molecule has 0 atom stereocenters. The first-order valence-corrected chi connectivity index (χ1v) is 14.4. The van der Waals surface area contributed by atoms with Crippen LogP contribution >= 0.6 is 34.8 Å². The van der Waals surface area contributed by atoms with Crippen molar-refractivity contribution in [3.63, 3.8) is 0 Å². The second-order valence-corrected chi connectivity index (χ2v) is 12.3. The number of hydrogen-bond acceptors (Lipinski definition) is 3. The molecule has 0 aliphatic rings. The molecule has 0 heterocycles. The first-order chi connectivity index (χ1) is 17.2. The Morgan fingerprint density at radius 3 is 1.31 bits per heavy atom. The van der Waals surface area contributed by atoms with Gasteiger partial charge in [-0.3, -0.25) is 0 Å². The van der Waals surface area contributed by atoms with Crippen molar-refractivity contribution in [2.24, 2.45) is 0 Å². The molecule has 0 amide bonds. The third-order valence-corrected chi connectivity index (χ3v) is 8.98. The van der Waals surface area contributed by atoms with Gasteiger partial charge < -0.3 is 4.55 Å². The summed E-state index contributed by atoms with van der Waals surface area (Å²) in [6.45, 7) is 0. The minimum Gasteiger partial charge on any atom is -0.744 e. The Kier molecular flexibility index (Phi) is 8.62. The van der Waals surface area contributed by atoms with Gasteiger partial charge in [0.15, 0.2) is 14.7 Å². The molecule has 0 spiro atoms. The highest BCUT2D eigenvalue weighted by Gasteiger charge is 2.28. The van der Waals surface area contributed by atoms with E-state index in [0.29, 0.717) is 0 Å². The fraction of sp³-hybridized carbons (Fsp3) is 0. The van der Waals surface area contributed by atoms with Crippen LogP contribution in [-0.2, 0) is 21.0 Å². The van der Waals surface area contributed by atoms with Gasteiger partial charge in [-0.25, -0.2) is 8.42 Å². The molecule has 5 aromatic rings. The van der Waals surface area contributed by atoms with Crippen molar-refractivity contribution in [3.8, 4) is 0 Å². The molecule has 0 bridgehead atoms. The lowest BCUT2D eigenvalue weighted by Gasteiger charge is -2.08. The van der Waals surface area contributed by atoms with Gasteiger partial charge in [-0.15, -0.1) is 0 Å². The number of benzene rings is 5. The van der Waals surface area contributed by atoms with Crippen molar-refractivity contribution < 1.29 is 13.0 Å². The van der Waals surface area contributed by atoms with Crippen LogP contribution in [0.2, 0.25) is 15.1 Å². The van der Waals surface area contributed by atoms with Gasteiger partial charge in [0.05, 0.1) is 15.8 Å². The summed E-state index contributed by atoms with van der Waals surface area (Å²) in [5.41, 5.74) is 0. The molecule has 8 heteroatoms. The summed E-state index contributed by atoms with van der Waals surface area (Å²) in [4.78, 5) is 3.42. The summed E-state index contributed by atoms with van der Waals surface area (Å²) in [5, 5.41) is 3.88. The van der Waals surface area contributed by atoms with Crippen LogP contribution in [0, 0.1) is 0 Å². The van der Waals surface area contributed by atoms with Crippen molar-refractivity contribution >= 4 is 66.6 Å². The van der Waals surface area contributed by atoms with Crippen LogP contribution < -0.4 is 0 Å². The van der Waals surface area contributed by atoms with E-state index in [4.69, 9.17) is 34.8 Å². The van der Waals surface area contributed by atoms with Crippen molar-refractivity contribution in [1.82, 2.24) is 0 Å². The van der Waals surface area contributed by atoms with Gasteiger partial charge in [0.25, 0.3) is 0 Å². The third-order valence-electron chi connectivity index (χ3n) is 5.16. The summed E-state index contributed by atoms with van der Waals surface area (Å²) >= 11 is 18.1. The van der Waals surface area contributed by atoms with Gasteiger partial charge in [-0.1, -0.05) is 65.1 Å². The van der Waals surface area contributed by atoms with E-state index in [1.165, 1.54) is 26.8 Å². The fourth-order valence-corrected chi connectivity index (χ4v) is 6.37. The summed E-state index contributed by atoms with van der Waals surface area (Å²) in [5.74, 6) is 0. The van der Waals surface area contributed by atoms with Gasteiger partial charge >= 0.3 is 0 Å². The average molecular weight is 574 g/mol. The Labute approximate surface area is 228 Å². The number of hydrogen-bond donors (Lipinski definition) is 0. The third kappa shape index (κ3) is 6.83. The molecule has 5 aromatic carbocycles. The van der Waals surface area contributed by atoms with Gasteiger partial charge in [0.2, 0.25) is 0 Å². The van der Waals surface area contributed by atoms with E-state index in [2.05, 4.69) is 36.4 Å². The Bertz CT molecular complexity index is 1460. The molecule has 0 aliphatic carbocycles. The maximum absolute atomic E-state index is 10.7. The van der Waals surface area contributed by atoms with Gasteiger partial charge in [-0.05, 0) is 95.7 Å². The molecule has 0 aromatic heterocycles. The van der Waals surface area contributed by atoms with E-state index in [1.54, 1.807) is 18.2 Å². The maximum Gasteiger partial charge on any atom is 0.166 e. The molecule has 0 saturated heterocycles. The van der Waals surface area contributed by atoms with E-state index < -0.39 is 10.1 Å². The Hall–Kier alpha value is -2.51. The lowest BCUT2D eigenvalue weighted by molar-refractivity contribution is 0.463. The van der Waals surface area contributed by atoms with E-state index in [0.717, 1.165) is 25.8 Å². The minimum absolute atomic E-state index is 0.184. The zero-order valence-electron chi connectivity index (χ0n) is 18.6. The zero-order chi connectivity index (χ0) is 25.7. The average Bonchev–Trinajstić information content (AvgIpc) is 2.87. The molecule has 0 fully saturated rings. The van der Waals surface area contributed by atoms with Gasteiger partial charge in [-0.2, -0.15) is 0 Å². The normalized spacial score (nSPS) is 11.2. The highest BCUT2D eigenvalue weighted by Crippen LogP contribution is 2.33. The largest absolute Gasteiger partial charge is 0.744 e. The predicted molar refractivity (Wildman–Crippen MR) is 148 cm³/mol. The number of rotatable bonds is 4. The van der Waals surface area contributed by atoms with Crippen LogP contribution in [0.3, 0.4) is 0 Å². The van der Waals surface area contributed by atoms with E-state index >= 15 is 0 Å². The predicted octanol–water partition coefficient (Wildman–Crippen LogP) is 8.49. The fourth-order valence-electron chi connectivity index (χ4n) is 3.44. The molecular formula is C28H19Cl3O3S2. The molecule has 36 heavy (non-hydrogen) atoms. The maximum atomic E-state index is 10.7. The van der Waals surface area contributed by atoms with Crippen LogP contribution in [0.1, 0.15) is 0 Å². The second kappa shape index (κ2) is 11.7. The highest BCUT2D eigenvalue weighted by atomic mass is 35.5. The monoisotopic (exact) mass is 572 g/mol. The summed E-state index contributed by atoms with van der Waals surface area (Å²) in [6, 6.07) is 35.5. The molecular weight excluding hydrogens is 555 g/mol. The lowest BCUT2D eigenvalue weighted by atomic mass is 10.1. The van der Waals surface area contributed by atoms with Gasteiger partial charge in [0, 0.05) is 15.1 Å². The van der Waals surface area contributed by atoms with Crippen LogP contribution in [0.25, 0.3) is 10.8 Å². The van der Waals surface area contributed by atoms with Crippen molar-refractivity contribution in [2.75, 3.05) is 0 Å². The molecule has 182 valence electrons. The Morgan fingerprint density at radius 1 is 0.528 bits per heavy atom. The summed E-state index contributed by atoms with van der Waals surface area (Å²) in [7, 11) is -4.56. The van der Waals surface area contributed by atoms with Crippen LogP contribution in [0.4, 0.5) is 0 Å². The number of fused-ring (bicyclic) bond motifs is 1. The highest BCUT2D eigenvalue weighted by molar-refractivity contribution is 7.97. The van der Waals surface area contributed by atoms with Gasteiger partial charge in [0.1, 0.15) is 10.1 Å². The SMILES string of the molecule is Clc1ccc([S+](c2ccc(Cl)cc2)c2ccc(Cl)cc2)cc1.O=S(=O)([O-])c1ccc2ccccc2c1. The lowest BCUT2D eigenvalue weighted by Crippen LogP contribution is -2.04. The smallest absolute Gasteiger partial charge is 0.166 e. The van der Waals surface area contributed by atoms with Crippen molar-refractivity contribution in [3.05, 3.63) is 130 Å². The number of halogens is 3. The Balaban J connectivity index is 0.000000187. The van der Waals surface area contributed by atoms with E-state index in [-0.39, 0.29) is 15.8 Å². The first kappa shape index (κ1) is 26.6. The summed E-state index contributed by atoms with van der Waals surface area (Å²) in [6.07, 6.45) is 0. The standard InChI is InChI=1S/C18H12Cl3S.C10H8O3S/c19-13-1-7-16(8-2-13)22(17-9-3-14(20)4-10-17)18-11-5-15(21)6-12-18;11-14(12,13)10-6-5-8-3-1-2-4-9(8)7-10/h1-12H;1-7H,(H,11,12,13)/q+1;/p-1. The molecule has 0 N–H and O–H groups in total. The second-order valence-electron chi connectivity index (χ2n) is 7.63. The summed E-state index contributed by atoms with van der Waals surface area (Å²) < 4.78 is 32.2. The quantitative estimate of drug-likeness (QED) is 0.160. The topological polar surface area (TPSA) is 57.2 Å². The van der Waals surface area contributed by atoms with Crippen molar-refractivity contribution in [2.45, 2.75) is 19.6 Å². The van der Waals surface area contributed by atoms with Crippen LogP contribution in [0.5, 0.6) is 0 Å². The minimum atomic E-state index is -4.34. The zero-order valence-corrected chi connectivity index (χ0v) is 22.5.